The van der Waals surface area contributed by atoms with Crippen molar-refractivity contribution in [2.24, 2.45) is 0 Å². The van der Waals surface area contributed by atoms with Crippen LogP contribution in [0.5, 0.6) is 0 Å². The molecule has 10 aromatic rings. The third-order valence-electron chi connectivity index (χ3n) is 11.5. The van der Waals surface area contributed by atoms with Crippen molar-refractivity contribution in [2.75, 3.05) is 0 Å². The number of nitrogens with zero attached hydrogens (tertiary/aromatic N) is 2. The third-order valence-corrected chi connectivity index (χ3v) is 11.5. The van der Waals surface area contributed by atoms with Crippen LogP contribution >= 0.6 is 0 Å². The van der Waals surface area contributed by atoms with Gasteiger partial charge in [-0.2, -0.15) is 0 Å². The predicted octanol–water partition coefficient (Wildman–Crippen LogP) is 13.3. The van der Waals surface area contributed by atoms with E-state index in [0.717, 1.165) is 44.7 Å². The molecule has 0 radical (unpaired) electrons. The average molecular weight is 699 g/mol. The zero-order valence-electron chi connectivity index (χ0n) is 30.0. The summed E-state index contributed by atoms with van der Waals surface area (Å²) in [6.07, 6.45) is 0. The van der Waals surface area contributed by atoms with Gasteiger partial charge in [0, 0.05) is 16.7 Å². The molecule has 0 atom stereocenters. The molecule has 1 aliphatic rings. The summed E-state index contributed by atoms with van der Waals surface area (Å²) in [6.45, 7) is 0. The number of aromatic nitrogens is 2. The van der Waals surface area contributed by atoms with Crippen LogP contribution in [0.1, 0.15) is 22.3 Å². The van der Waals surface area contributed by atoms with Crippen LogP contribution in [0, 0.1) is 0 Å². The van der Waals surface area contributed by atoms with E-state index in [2.05, 4.69) is 206 Å². The lowest BCUT2D eigenvalue weighted by Gasteiger charge is -2.33. The van der Waals surface area contributed by atoms with E-state index in [-0.39, 0.29) is 0 Å². The Hall–Kier alpha value is -7.16. The highest BCUT2D eigenvalue weighted by Crippen LogP contribution is 2.56. The molecule has 11 rings (SSSR count). The van der Waals surface area contributed by atoms with Crippen LogP contribution in [-0.2, 0) is 5.41 Å². The molecule has 0 spiro atoms. The van der Waals surface area contributed by atoms with E-state index in [1.165, 1.54) is 54.9 Å². The molecule has 0 aliphatic heterocycles. The van der Waals surface area contributed by atoms with Crippen molar-refractivity contribution in [3.63, 3.8) is 0 Å². The Morgan fingerprint density at radius 1 is 0.327 bits per heavy atom. The van der Waals surface area contributed by atoms with Crippen molar-refractivity contribution in [3.05, 3.63) is 229 Å². The molecule has 1 aromatic heterocycles. The average Bonchev–Trinajstić information content (AvgIpc) is 3.57. The standard InChI is InChI=1S/C53H34N2/c1-4-17-36(18-5-1)49-34-50(55-52(54-49)51-42-25-13-11-19-37(42)32-45-41-24-12-10-16-35(41)28-30-44(45)51)38-29-31-48-46(33-38)43-26-14-15-27-47(43)53(48,39-20-6-2-7-21-39)40-22-8-3-9-23-40/h1-34H. The lowest BCUT2D eigenvalue weighted by molar-refractivity contribution is 0.768. The number of fused-ring (bicyclic) bond motifs is 7. The topological polar surface area (TPSA) is 25.8 Å². The van der Waals surface area contributed by atoms with Crippen molar-refractivity contribution >= 4 is 32.3 Å². The van der Waals surface area contributed by atoms with Gasteiger partial charge in [-0.3, -0.25) is 0 Å². The first-order valence-corrected chi connectivity index (χ1v) is 18.9. The number of rotatable bonds is 5. The molecule has 256 valence electrons. The minimum Gasteiger partial charge on any atom is -0.228 e. The highest BCUT2D eigenvalue weighted by atomic mass is 14.9. The normalized spacial score (nSPS) is 12.9. The van der Waals surface area contributed by atoms with E-state index < -0.39 is 5.41 Å². The Balaban J connectivity index is 1.19. The summed E-state index contributed by atoms with van der Waals surface area (Å²) in [5.74, 6) is 0.720. The number of hydrogen-bond donors (Lipinski definition) is 0. The Morgan fingerprint density at radius 2 is 0.909 bits per heavy atom. The summed E-state index contributed by atoms with van der Waals surface area (Å²) in [5, 5.41) is 7.10. The lowest BCUT2D eigenvalue weighted by Crippen LogP contribution is -2.28. The number of hydrogen-bond acceptors (Lipinski definition) is 2. The van der Waals surface area contributed by atoms with Crippen molar-refractivity contribution in [1.29, 1.82) is 0 Å². The van der Waals surface area contributed by atoms with Gasteiger partial charge in [0.25, 0.3) is 0 Å². The predicted molar refractivity (Wildman–Crippen MR) is 228 cm³/mol. The van der Waals surface area contributed by atoms with E-state index in [1.807, 2.05) is 0 Å². The number of benzene rings is 9. The van der Waals surface area contributed by atoms with Gasteiger partial charge < -0.3 is 0 Å². The molecule has 0 N–H and O–H groups in total. The van der Waals surface area contributed by atoms with Gasteiger partial charge in [-0.05, 0) is 83.9 Å². The van der Waals surface area contributed by atoms with Crippen molar-refractivity contribution in [1.82, 2.24) is 9.97 Å². The van der Waals surface area contributed by atoms with Gasteiger partial charge in [-0.15, -0.1) is 0 Å². The van der Waals surface area contributed by atoms with E-state index in [9.17, 15) is 0 Å². The first kappa shape index (κ1) is 31.4. The van der Waals surface area contributed by atoms with Gasteiger partial charge in [-0.1, -0.05) is 188 Å². The summed E-state index contributed by atoms with van der Waals surface area (Å²) in [5.41, 5.74) is 12.1. The quantitative estimate of drug-likeness (QED) is 0.132. The second-order valence-electron chi connectivity index (χ2n) is 14.5. The van der Waals surface area contributed by atoms with Crippen LogP contribution in [0.3, 0.4) is 0 Å². The molecule has 1 aliphatic carbocycles. The molecule has 9 aromatic carbocycles. The molecule has 0 amide bonds. The van der Waals surface area contributed by atoms with Crippen molar-refractivity contribution < 1.29 is 0 Å². The Morgan fingerprint density at radius 3 is 1.65 bits per heavy atom. The van der Waals surface area contributed by atoms with Crippen LogP contribution in [0.25, 0.3) is 77.3 Å². The van der Waals surface area contributed by atoms with Crippen molar-refractivity contribution in [3.8, 4) is 45.0 Å². The second kappa shape index (κ2) is 12.5. The van der Waals surface area contributed by atoms with Crippen LogP contribution in [-0.4, -0.2) is 9.97 Å². The van der Waals surface area contributed by atoms with E-state index >= 15 is 0 Å². The summed E-state index contributed by atoms with van der Waals surface area (Å²) in [6, 6.07) is 74.5. The molecule has 0 saturated heterocycles. The SMILES string of the molecule is c1ccc(-c2cc(-c3ccc4c(c3)-c3ccccc3C4(c3ccccc3)c3ccccc3)nc(-c3c4ccccc4cc4c3ccc3ccccc34)n2)cc1. The summed E-state index contributed by atoms with van der Waals surface area (Å²) in [7, 11) is 0. The molecule has 1 heterocycles. The van der Waals surface area contributed by atoms with Crippen LogP contribution in [0.4, 0.5) is 0 Å². The zero-order chi connectivity index (χ0) is 36.3. The zero-order valence-corrected chi connectivity index (χ0v) is 30.0. The van der Waals surface area contributed by atoms with E-state index in [0.29, 0.717) is 0 Å². The highest BCUT2D eigenvalue weighted by Gasteiger charge is 2.46. The van der Waals surface area contributed by atoms with Gasteiger partial charge in [0.15, 0.2) is 5.82 Å². The molecule has 0 bridgehead atoms. The fraction of sp³-hybridized carbons (Fsp3) is 0.0189. The van der Waals surface area contributed by atoms with Gasteiger partial charge in [0.05, 0.1) is 16.8 Å². The molecule has 55 heavy (non-hydrogen) atoms. The fourth-order valence-corrected chi connectivity index (χ4v) is 9.13. The van der Waals surface area contributed by atoms with E-state index in [1.54, 1.807) is 0 Å². The summed E-state index contributed by atoms with van der Waals surface area (Å²) >= 11 is 0. The van der Waals surface area contributed by atoms with Crippen molar-refractivity contribution in [2.45, 2.75) is 5.41 Å². The van der Waals surface area contributed by atoms with Crippen LogP contribution in [0.15, 0.2) is 206 Å². The van der Waals surface area contributed by atoms with Gasteiger partial charge in [-0.25, -0.2) is 9.97 Å². The third kappa shape index (κ3) is 4.82. The monoisotopic (exact) mass is 698 g/mol. The summed E-state index contributed by atoms with van der Waals surface area (Å²) in [4.78, 5) is 10.9. The van der Waals surface area contributed by atoms with Gasteiger partial charge in [0.1, 0.15) is 0 Å². The van der Waals surface area contributed by atoms with E-state index in [4.69, 9.17) is 9.97 Å². The Bertz CT molecular complexity index is 3040. The van der Waals surface area contributed by atoms with Gasteiger partial charge >= 0.3 is 0 Å². The molecule has 0 saturated carbocycles. The molecule has 0 unspecified atom stereocenters. The Kier molecular flexibility index (Phi) is 7.11. The molecular formula is C53H34N2. The smallest absolute Gasteiger partial charge is 0.161 e. The first-order chi connectivity index (χ1) is 27.3. The maximum absolute atomic E-state index is 5.50. The Labute approximate surface area is 320 Å². The molecule has 2 heteroatoms. The minimum atomic E-state index is -0.455. The fourth-order valence-electron chi connectivity index (χ4n) is 9.13. The van der Waals surface area contributed by atoms with Crippen LogP contribution in [0.2, 0.25) is 0 Å². The molecule has 2 nitrogen and oxygen atoms in total. The first-order valence-electron chi connectivity index (χ1n) is 18.9. The van der Waals surface area contributed by atoms with Crippen LogP contribution < -0.4 is 0 Å². The largest absolute Gasteiger partial charge is 0.228 e. The highest BCUT2D eigenvalue weighted by molar-refractivity contribution is 6.19. The maximum atomic E-state index is 5.50. The molecule has 0 fully saturated rings. The maximum Gasteiger partial charge on any atom is 0.161 e. The minimum absolute atomic E-state index is 0.455. The molecular weight excluding hydrogens is 665 g/mol. The van der Waals surface area contributed by atoms with Gasteiger partial charge in [0.2, 0.25) is 0 Å². The second-order valence-corrected chi connectivity index (χ2v) is 14.5. The summed E-state index contributed by atoms with van der Waals surface area (Å²) < 4.78 is 0. The lowest BCUT2D eigenvalue weighted by atomic mass is 9.67.